The van der Waals surface area contributed by atoms with E-state index in [9.17, 15) is 0 Å². The number of nitrogens with zero attached hydrogens (tertiary/aromatic N) is 2. The molecule has 0 bridgehead atoms. The van der Waals surface area contributed by atoms with Gasteiger partial charge in [0.15, 0.2) is 5.96 Å². The molecule has 4 heteroatoms. The molecule has 2 aromatic rings. The van der Waals surface area contributed by atoms with E-state index < -0.39 is 0 Å². The number of likely N-dealkylation sites (tertiary alicyclic amines) is 1. The largest absolute Gasteiger partial charge is 0.370 e. The van der Waals surface area contributed by atoms with Gasteiger partial charge in [0.05, 0.1) is 0 Å². The summed E-state index contributed by atoms with van der Waals surface area (Å²) in [6.07, 6.45) is 2.32. The molecule has 1 heterocycles. The third-order valence-electron chi connectivity index (χ3n) is 4.94. The van der Waals surface area contributed by atoms with Crippen LogP contribution in [0.3, 0.4) is 0 Å². The SMILES string of the molecule is Cc1cc(C)cc(NC(N)=NCC2CCN(CCc3ccccc3)C2)c1. The third-order valence-corrected chi connectivity index (χ3v) is 4.94. The normalized spacial score (nSPS) is 18.2. The molecule has 0 aliphatic carbocycles. The fraction of sp³-hybridized carbons (Fsp3) is 0.409. The van der Waals surface area contributed by atoms with Gasteiger partial charge in [-0.2, -0.15) is 0 Å². The fourth-order valence-corrected chi connectivity index (χ4v) is 3.66. The minimum Gasteiger partial charge on any atom is -0.370 e. The Kier molecular flexibility index (Phi) is 6.29. The Morgan fingerprint density at radius 1 is 1.15 bits per heavy atom. The molecular weight excluding hydrogens is 320 g/mol. The molecule has 2 aromatic carbocycles. The lowest BCUT2D eigenvalue weighted by Gasteiger charge is -2.15. The number of nitrogens with two attached hydrogens (primary N) is 1. The zero-order valence-electron chi connectivity index (χ0n) is 15.9. The van der Waals surface area contributed by atoms with Crippen molar-refractivity contribution in [2.75, 3.05) is 31.5 Å². The summed E-state index contributed by atoms with van der Waals surface area (Å²) in [5.74, 6) is 1.11. The number of aliphatic imine (C=N–C) groups is 1. The molecular formula is C22H30N4. The van der Waals surface area contributed by atoms with Crippen LogP contribution in [0.25, 0.3) is 0 Å². The molecule has 1 fully saturated rings. The Hall–Kier alpha value is -2.33. The van der Waals surface area contributed by atoms with Crippen molar-refractivity contribution in [3.8, 4) is 0 Å². The average molecular weight is 351 g/mol. The molecule has 1 aliphatic rings. The van der Waals surface area contributed by atoms with Crippen LogP contribution in [0.5, 0.6) is 0 Å². The molecule has 3 rings (SSSR count). The number of aryl methyl sites for hydroxylation is 2. The zero-order valence-corrected chi connectivity index (χ0v) is 15.9. The maximum atomic E-state index is 6.08. The molecule has 138 valence electrons. The molecule has 0 amide bonds. The summed E-state index contributed by atoms with van der Waals surface area (Å²) in [6.45, 7) is 8.39. The topological polar surface area (TPSA) is 53.6 Å². The lowest BCUT2D eigenvalue weighted by atomic mass is 10.1. The second kappa shape index (κ2) is 8.86. The second-order valence-corrected chi connectivity index (χ2v) is 7.42. The van der Waals surface area contributed by atoms with Crippen LogP contribution in [-0.2, 0) is 6.42 Å². The van der Waals surface area contributed by atoms with E-state index in [0.29, 0.717) is 11.9 Å². The fourth-order valence-electron chi connectivity index (χ4n) is 3.66. The van der Waals surface area contributed by atoms with Crippen molar-refractivity contribution >= 4 is 11.6 Å². The van der Waals surface area contributed by atoms with Crippen molar-refractivity contribution in [3.63, 3.8) is 0 Å². The summed E-state index contributed by atoms with van der Waals surface area (Å²) in [5.41, 5.74) is 11.0. The summed E-state index contributed by atoms with van der Waals surface area (Å²) in [4.78, 5) is 7.11. The van der Waals surface area contributed by atoms with Gasteiger partial charge in [-0.1, -0.05) is 36.4 Å². The number of hydrogen-bond acceptors (Lipinski definition) is 2. The van der Waals surface area contributed by atoms with E-state index in [1.807, 2.05) is 0 Å². The average Bonchev–Trinajstić information content (AvgIpc) is 3.06. The van der Waals surface area contributed by atoms with Crippen LogP contribution in [0.4, 0.5) is 5.69 Å². The Morgan fingerprint density at radius 3 is 2.62 bits per heavy atom. The monoisotopic (exact) mass is 350 g/mol. The van der Waals surface area contributed by atoms with Crippen molar-refractivity contribution in [1.29, 1.82) is 0 Å². The standard InChI is InChI=1S/C22H30N4/c1-17-12-18(2)14-21(13-17)25-22(23)24-15-20-9-11-26(16-20)10-8-19-6-4-3-5-7-19/h3-7,12-14,20H,8-11,15-16H2,1-2H3,(H3,23,24,25). The van der Waals surface area contributed by atoms with E-state index in [0.717, 1.165) is 38.3 Å². The minimum atomic E-state index is 0.512. The highest BCUT2D eigenvalue weighted by atomic mass is 15.2. The molecule has 4 nitrogen and oxygen atoms in total. The molecule has 1 atom stereocenters. The van der Waals surface area contributed by atoms with E-state index in [1.165, 1.54) is 23.1 Å². The van der Waals surface area contributed by atoms with Crippen LogP contribution in [0.1, 0.15) is 23.1 Å². The second-order valence-electron chi connectivity index (χ2n) is 7.42. The Balaban J connectivity index is 1.43. The van der Waals surface area contributed by atoms with Gasteiger partial charge in [-0.25, -0.2) is 0 Å². The molecule has 3 N–H and O–H groups in total. The zero-order chi connectivity index (χ0) is 18.4. The van der Waals surface area contributed by atoms with E-state index >= 15 is 0 Å². The van der Waals surface area contributed by atoms with E-state index in [2.05, 4.69) is 77.6 Å². The van der Waals surface area contributed by atoms with Crippen molar-refractivity contribution in [2.24, 2.45) is 16.6 Å². The van der Waals surface area contributed by atoms with Crippen molar-refractivity contribution in [3.05, 3.63) is 65.2 Å². The van der Waals surface area contributed by atoms with Crippen molar-refractivity contribution in [1.82, 2.24) is 4.90 Å². The van der Waals surface area contributed by atoms with Gasteiger partial charge in [-0.05, 0) is 68.0 Å². The van der Waals surface area contributed by atoms with Crippen LogP contribution in [-0.4, -0.2) is 37.0 Å². The molecule has 1 saturated heterocycles. The molecule has 26 heavy (non-hydrogen) atoms. The van der Waals surface area contributed by atoms with Crippen molar-refractivity contribution in [2.45, 2.75) is 26.7 Å². The predicted molar refractivity (Wildman–Crippen MR) is 111 cm³/mol. The van der Waals surface area contributed by atoms with Gasteiger partial charge >= 0.3 is 0 Å². The highest BCUT2D eigenvalue weighted by Gasteiger charge is 2.21. The predicted octanol–water partition coefficient (Wildman–Crippen LogP) is 3.59. The number of rotatable bonds is 6. The molecule has 1 unspecified atom stereocenters. The summed E-state index contributed by atoms with van der Waals surface area (Å²) in [6, 6.07) is 17.1. The Labute approximate surface area is 157 Å². The molecule has 0 saturated carbocycles. The smallest absolute Gasteiger partial charge is 0.193 e. The van der Waals surface area contributed by atoms with Gasteiger partial charge in [0.25, 0.3) is 0 Å². The highest BCUT2D eigenvalue weighted by molar-refractivity contribution is 5.92. The number of nitrogens with one attached hydrogen (secondary N) is 1. The quantitative estimate of drug-likeness (QED) is 0.618. The molecule has 0 spiro atoms. The first kappa shape index (κ1) is 18.5. The van der Waals surface area contributed by atoms with Crippen LogP contribution >= 0.6 is 0 Å². The first-order chi connectivity index (χ1) is 12.6. The van der Waals surface area contributed by atoms with Gasteiger partial charge in [-0.3, -0.25) is 4.99 Å². The van der Waals surface area contributed by atoms with Crippen LogP contribution < -0.4 is 11.1 Å². The van der Waals surface area contributed by atoms with E-state index in [4.69, 9.17) is 5.73 Å². The Morgan fingerprint density at radius 2 is 1.88 bits per heavy atom. The van der Waals surface area contributed by atoms with Crippen molar-refractivity contribution < 1.29 is 0 Å². The summed E-state index contributed by atoms with van der Waals surface area (Å²) >= 11 is 0. The molecule has 0 aromatic heterocycles. The maximum absolute atomic E-state index is 6.08. The van der Waals surface area contributed by atoms with Crippen LogP contribution in [0.2, 0.25) is 0 Å². The number of anilines is 1. The van der Waals surface area contributed by atoms with Gasteiger partial charge in [-0.15, -0.1) is 0 Å². The molecule has 0 radical (unpaired) electrons. The van der Waals surface area contributed by atoms with Gasteiger partial charge in [0.1, 0.15) is 0 Å². The first-order valence-electron chi connectivity index (χ1n) is 9.50. The lowest BCUT2D eigenvalue weighted by Crippen LogP contribution is -2.26. The Bertz CT molecular complexity index is 719. The minimum absolute atomic E-state index is 0.512. The van der Waals surface area contributed by atoms with Crippen LogP contribution in [0, 0.1) is 19.8 Å². The van der Waals surface area contributed by atoms with Gasteiger partial charge in [0, 0.05) is 25.3 Å². The third kappa shape index (κ3) is 5.60. The summed E-state index contributed by atoms with van der Waals surface area (Å²) in [7, 11) is 0. The van der Waals surface area contributed by atoms with E-state index in [1.54, 1.807) is 0 Å². The highest BCUT2D eigenvalue weighted by Crippen LogP contribution is 2.17. The lowest BCUT2D eigenvalue weighted by molar-refractivity contribution is 0.330. The number of benzene rings is 2. The van der Waals surface area contributed by atoms with Crippen LogP contribution in [0.15, 0.2) is 53.5 Å². The van der Waals surface area contributed by atoms with Gasteiger partial charge < -0.3 is 16.0 Å². The number of hydrogen-bond donors (Lipinski definition) is 2. The molecule has 1 aliphatic heterocycles. The first-order valence-corrected chi connectivity index (χ1v) is 9.50. The number of guanidine groups is 1. The maximum Gasteiger partial charge on any atom is 0.193 e. The summed E-state index contributed by atoms with van der Waals surface area (Å²) < 4.78 is 0. The summed E-state index contributed by atoms with van der Waals surface area (Å²) in [5, 5.41) is 3.22. The van der Waals surface area contributed by atoms with Gasteiger partial charge in [0.2, 0.25) is 0 Å². The van der Waals surface area contributed by atoms with E-state index in [-0.39, 0.29) is 0 Å².